The number of fused-ring (bicyclic) bond motifs is 1. The van der Waals surface area contributed by atoms with Crippen LogP contribution in [0.15, 0.2) is 72.9 Å². The maximum atomic E-state index is 11.5. The van der Waals surface area contributed by atoms with Gasteiger partial charge in [0.25, 0.3) is 5.69 Å². The van der Waals surface area contributed by atoms with Crippen LogP contribution in [-0.4, -0.2) is 14.3 Å². The van der Waals surface area contributed by atoms with Crippen LogP contribution in [0.3, 0.4) is 0 Å². The molecule has 0 aliphatic carbocycles. The molecule has 4 rings (SSSR count). The van der Waals surface area contributed by atoms with Gasteiger partial charge in [0, 0.05) is 23.0 Å². The third-order valence-electron chi connectivity index (χ3n) is 3.99. The molecule has 0 unspecified atom stereocenters. The van der Waals surface area contributed by atoms with Crippen molar-refractivity contribution in [2.45, 2.75) is 0 Å². The van der Waals surface area contributed by atoms with E-state index in [1.54, 1.807) is 30.3 Å². The molecule has 2 heterocycles. The molecular weight excluding hydrogens is 352 g/mol. The minimum atomic E-state index is -0.397. The molecule has 1 N–H and O–H groups in total. The first kappa shape index (κ1) is 16.1. The van der Waals surface area contributed by atoms with E-state index in [4.69, 9.17) is 11.6 Å². The number of halogens is 1. The summed E-state index contributed by atoms with van der Waals surface area (Å²) < 4.78 is 1.86. The Morgan fingerprint density at radius 1 is 1.00 bits per heavy atom. The highest BCUT2D eigenvalue weighted by molar-refractivity contribution is 6.30. The van der Waals surface area contributed by atoms with Gasteiger partial charge in [0.2, 0.25) is 0 Å². The van der Waals surface area contributed by atoms with Crippen LogP contribution in [0.2, 0.25) is 5.02 Å². The summed E-state index contributed by atoms with van der Waals surface area (Å²) in [4.78, 5) is 15.7. The summed E-state index contributed by atoms with van der Waals surface area (Å²) in [6, 6.07) is 19.4. The molecule has 0 atom stereocenters. The smallest absolute Gasteiger partial charge is 0.278 e. The first-order valence-corrected chi connectivity index (χ1v) is 8.25. The Morgan fingerprint density at radius 3 is 2.50 bits per heavy atom. The Bertz CT molecular complexity index is 1110. The SMILES string of the molecule is O=[N+]([O-])c1ccccc1-c1nc2ccccn2c1Nc1ccc(Cl)cc1. The summed E-state index contributed by atoms with van der Waals surface area (Å²) in [7, 11) is 0. The zero-order valence-electron chi connectivity index (χ0n) is 13.5. The largest absolute Gasteiger partial charge is 0.339 e. The van der Waals surface area contributed by atoms with Crippen LogP contribution in [0, 0.1) is 10.1 Å². The Kier molecular flexibility index (Phi) is 4.02. The molecular formula is C19H13ClN4O2. The fourth-order valence-corrected chi connectivity index (χ4v) is 2.93. The lowest BCUT2D eigenvalue weighted by molar-refractivity contribution is -0.384. The highest BCUT2D eigenvalue weighted by atomic mass is 35.5. The van der Waals surface area contributed by atoms with E-state index in [1.165, 1.54) is 6.07 Å². The molecule has 0 amide bonds. The standard InChI is InChI=1S/C19H13ClN4O2/c20-13-8-10-14(11-9-13)21-19-18(22-17-7-3-4-12-23(17)19)15-5-1-2-6-16(15)24(25)26/h1-12,21H. The molecule has 26 heavy (non-hydrogen) atoms. The third-order valence-corrected chi connectivity index (χ3v) is 4.24. The van der Waals surface area contributed by atoms with Crippen molar-refractivity contribution in [1.29, 1.82) is 0 Å². The van der Waals surface area contributed by atoms with Gasteiger partial charge in [-0.25, -0.2) is 4.98 Å². The van der Waals surface area contributed by atoms with E-state index in [2.05, 4.69) is 10.3 Å². The topological polar surface area (TPSA) is 72.5 Å². The average molecular weight is 365 g/mol. The molecule has 7 heteroatoms. The van der Waals surface area contributed by atoms with E-state index >= 15 is 0 Å². The van der Waals surface area contributed by atoms with Crippen LogP contribution in [0.4, 0.5) is 17.2 Å². The molecule has 0 fully saturated rings. The Hall–Kier alpha value is -3.38. The number of nitro benzene ring substituents is 1. The van der Waals surface area contributed by atoms with Crippen LogP contribution >= 0.6 is 11.6 Å². The molecule has 0 saturated heterocycles. The van der Waals surface area contributed by atoms with Crippen molar-refractivity contribution in [1.82, 2.24) is 9.38 Å². The number of hydrogen-bond donors (Lipinski definition) is 1. The lowest BCUT2D eigenvalue weighted by Crippen LogP contribution is -1.98. The molecule has 4 aromatic rings. The van der Waals surface area contributed by atoms with Crippen molar-refractivity contribution >= 4 is 34.4 Å². The maximum absolute atomic E-state index is 11.5. The number of pyridine rings is 1. The van der Waals surface area contributed by atoms with Gasteiger partial charge in [-0.1, -0.05) is 29.8 Å². The van der Waals surface area contributed by atoms with E-state index in [-0.39, 0.29) is 5.69 Å². The average Bonchev–Trinajstić information content (AvgIpc) is 3.02. The Labute approximate surface area is 153 Å². The lowest BCUT2D eigenvalue weighted by atomic mass is 10.1. The van der Waals surface area contributed by atoms with E-state index in [1.807, 2.05) is 40.9 Å². The molecule has 0 aliphatic rings. The number of rotatable bonds is 4. The highest BCUT2D eigenvalue weighted by Crippen LogP contribution is 2.36. The number of nitrogens with one attached hydrogen (secondary N) is 1. The summed E-state index contributed by atoms with van der Waals surface area (Å²) in [6.07, 6.45) is 1.86. The molecule has 0 saturated carbocycles. The second kappa shape index (κ2) is 6.50. The summed E-state index contributed by atoms with van der Waals surface area (Å²) in [6.45, 7) is 0. The maximum Gasteiger partial charge on any atom is 0.278 e. The second-order valence-corrected chi connectivity index (χ2v) is 6.08. The Balaban J connectivity index is 1.93. The Morgan fingerprint density at radius 2 is 1.73 bits per heavy atom. The predicted molar refractivity (Wildman–Crippen MR) is 102 cm³/mol. The van der Waals surface area contributed by atoms with Crippen molar-refractivity contribution in [3.8, 4) is 11.3 Å². The van der Waals surface area contributed by atoms with Gasteiger partial charge in [-0.2, -0.15) is 0 Å². The molecule has 0 aliphatic heterocycles. The fraction of sp³-hybridized carbons (Fsp3) is 0. The van der Waals surface area contributed by atoms with Gasteiger partial charge in [-0.3, -0.25) is 14.5 Å². The molecule has 6 nitrogen and oxygen atoms in total. The lowest BCUT2D eigenvalue weighted by Gasteiger charge is -2.09. The quantitative estimate of drug-likeness (QED) is 0.393. The molecule has 0 bridgehead atoms. The zero-order valence-corrected chi connectivity index (χ0v) is 14.2. The van der Waals surface area contributed by atoms with E-state index in [0.717, 1.165) is 5.69 Å². The van der Waals surface area contributed by atoms with Crippen LogP contribution in [0.5, 0.6) is 0 Å². The molecule has 2 aromatic heterocycles. The molecule has 128 valence electrons. The van der Waals surface area contributed by atoms with Crippen LogP contribution in [0.25, 0.3) is 16.9 Å². The van der Waals surface area contributed by atoms with Gasteiger partial charge in [-0.05, 0) is 42.5 Å². The van der Waals surface area contributed by atoms with Gasteiger partial charge < -0.3 is 5.32 Å². The first-order valence-electron chi connectivity index (χ1n) is 7.87. The van der Waals surface area contributed by atoms with Crippen molar-refractivity contribution in [2.75, 3.05) is 5.32 Å². The number of aromatic nitrogens is 2. The van der Waals surface area contributed by atoms with E-state index in [9.17, 15) is 10.1 Å². The molecule has 2 aromatic carbocycles. The van der Waals surface area contributed by atoms with Crippen molar-refractivity contribution in [3.63, 3.8) is 0 Å². The number of nitrogens with zero attached hydrogens (tertiary/aromatic N) is 3. The second-order valence-electron chi connectivity index (χ2n) is 5.64. The van der Waals surface area contributed by atoms with Crippen LogP contribution in [-0.2, 0) is 0 Å². The predicted octanol–water partition coefficient (Wildman–Crippen LogP) is 5.31. The minimum Gasteiger partial charge on any atom is -0.339 e. The van der Waals surface area contributed by atoms with Gasteiger partial charge >= 0.3 is 0 Å². The third kappa shape index (κ3) is 2.87. The fourth-order valence-electron chi connectivity index (χ4n) is 2.81. The number of imidazole rings is 1. The van der Waals surface area contributed by atoms with Gasteiger partial charge in [-0.15, -0.1) is 0 Å². The van der Waals surface area contributed by atoms with Gasteiger partial charge in [0.05, 0.1) is 10.5 Å². The van der Waals surface area contributed by atoms with E-state index in [0.29, 0.717) is 27.7 Å². The molecule has 0 radical (unpaired) electrons. The number of hydrogen-bond acceptors (Lipinski definition) is 4. The monoisotopic (exact) mass is 364 g/mol. The zero-order chi connectivity index (χ0) is 18.1. The summed E-state index contributed by atoms with van der Waals surface area (Å²) >= 11 is 5.95. The highest BCUT2D eigenvalue weighted by Gasteiger charge is 2.21. The summed E-state index contributed by atoms with van der Waals surface area (Å²) in [5.74, 6) is 0.650. The number of benzene rings is 2. The minimum absolute atomic E-state index is 0.00932. The van der Waals surface area contributed by atoms with Crippen LogP contribution < -0.4 is 5.32 Å². The summed E-state index contributed by atoms with van der Waals surface area (Å²) in [5.41, 5.74) is 2.48. The van der Waals surface area contributed by atoms with Crippen molar-refractivity contribution < 1.29 is 4.92 Å². The van der Waals surface area contributed by atoms with Gasteiger partial charge in [0.15, 0.2) is 0 Å². The molecule has 0 spiro atoms. The van der Waals surface area contributed by atoms with Gasteiger partial charge in [0.1, 0.15) is 17.2 Å². The van der Waals surface area contributed by atoms with E-state index < -0.39 is 4.92 Å². The van der Waals surface area contributed by atoms with Crippen molar-refractivity contribution in [2.24, 2.45) is 0 Å². The number of anilines is 2. The van der Waals surface area contributed by atoms with Crippen LogP contribution in [0.1, 0.15) is 0 Å². The number of nitro groups is 1. The summed E-state index contributed by atoms with van der Waals surface area (Å²) in [5, 5.41) is 15.4. The number of para-hydroxylation sites is 1. The van der Waals surface area contributed by atoms with Crippen molar-refractivity contribution in [3.05, 3.63) is 88.1 Å². The first-order chi connectivity index (χ1) is 12.6. The normalized spacial score (nSPS) is 10.8.